The van der Waals surface area contributed by atoms with Gasteiger partial charge in [0.2, 0.25) is 10.0 Å². The third kappa shape index (κ3) is 5.72. The van der Waals surface area contributed by atoms with E-state index in [1.165, 1.54) is 4.90 Å². The maximum Gasteiger partial charge on any atom is 0.411 e. The van der Waals surface area contributed by atoms with E-state index in [2.05, 4.69) is 18.2 Å². The average Bonchev–Trinajstić information content (AvgIpc) is 3.53. The number of likely N-dealkylation sites (tertiary alicyclic amines) is 1. The minimum atomic E-state index is -3.74. The standard InChI is InChI=1S/C38H38N2O6S/c1-24-14-16-30(17-15-24)47(43,44)39-21-28-19-25-9-5-6-12-31(25)35-33-26(20-29(22-39)34(28)35)10-7-11-27(33)23-45-36(41)32-13-8-18-40(32)37(42)46-38(2,3)4/h5-7,9-12,14-17,19-20,32H,8,13,18,21-23H2,1-4H3/t32-/m0/s1. The quantitative estimate of drug-likeness (QED) is 0.144. The van der Waals surface area contributed by atoms with Crippen molar-refractivity contribution in [1.82, 2.24) is 9.21 Å². The number of carbonyl (C=O) groups excluding carboxylic acids is 2. The maximum absolute atomic E-state index is 13.8. The van der Waals surface area contributed by atoms with Crippen molar-refractivity contribution in [2.45, 2.75) is 76.8 Å². The van der Waals surface area contributed by atoms with E-state index in [1.54, 1.807) is 37.2 Å². The van der Waals surface area contributed by atoms with Gasteiger partial charge in [-0.1, -0.05) is 60.2 Å². The van der Waals surface area contributed by atoms with Gasteiger partial charge in [-0.05, 0) is 114 Å². The van der Waals surface area contributed by atoms with E-state index < -0.39 is 33.7 Å². The lowest BCUT2D eigenvalue weighted by atomic mass is 9.86. The molecule has 0 spiro atoms. The van der Waals surface area contributed by atoms with Crippen LogP contribution in [-0.2, 0) is 44.0 Å². The van der Waals surface area contributed by atoms with Crippen molar-refractivity contribution in [3.05, 3.63) is 101 Å². The van der Waals surface area contributed by atoms with Gasteiger partial charge in [-0.25, -0.2) is 18.0 Å². The topological polar surface area (TPSA) is 93.2 Å². The minimum Gasteiger partial charge on any atom is -0.459 e. The van der Waals surface area contributed by atoms with Crippen LogP contribution in [0.4, 0.5) is 4.79 Å². The number of ether oxygens (including phenoxy) is 2. The smallest absolute Gasteiger partial charge is 0.411 e. The van der Waals surface area contributed by atoms with Crippen molar-refractivity contribution in [1.29, 1.82) is 0 Å². The first-order valence-corrected chi connectivity index (χ1v) is 17.5. The number of rotatable bonds is 5. The molecule has 0 unspecified atom stereocenters. The molecule has 0 saturated carbocycles. The zero-order chi connectivity index (χ0) is 33.1. The highest BCUT2D eigenvalue weighted by Gasteiger charge is 2.38. The van der Waals surface area contributed by atoms with E-state index in [0.717, 1.165) is 54.6 Å². The normalized spacial score (nSPS) is 17.0. The maximum atomic E-state index is 13.8. The summed E-state index contributed by atoms with van der Waals surface area (Å²) in [7, 11) is -3.74. The minimum absolute atomic E-state index is 0.0375. The molecule has 8 nitrogen and oxygen atoms in total. The Bertz CT molecular complexity index is 2160. The third-order valence-corrected chi connectivity index (χ3v) is 10.9. The zero-order valence-electron chi connectivity index (χ0n) is 27.1. The number of hydrogen-bond donors (Lipinski definition) is 0. The summed E-state index contributed by atoms with van der Waals surface area (Å²) < 4.78 is 40.7. The van der Waals surface area contributed by atoms with Gasteiger partial charge in [0.05, 0.1) is 4.90 Å². The fourth-order valence-corrected chi connectivity index (χ4v) is 8.36. The first-order valence-electron chi connectivity index (χ1n) is 16.0. The van der Waals surface area contributed by atoms with Crippen LogP contribution >= 0.6 is 0 Å². The summed E-state index contributed by atoms with van der Waals surface area (Å²) >= 11 is 0. The highest BCUT2D eigenvalue weighted by atomic mass is 32.2. The Morgan fingerprint density at radius 3 is 2.26 bits per heavy atom. The Morgan fingerprint density at radius 2 is 1.53 bits per heavy atom. The van der Waals surface area contributed by atoms with E-state index in [9.17, 15) is 18.0 Å². The monoisotopic (exact) mass is 650 g/mol. The summed E-state index contributed by atoms with van der Waals surface area (Å²) in [5.74, 6) is -0.449. The Labute approximate surface area is 274 Å². The Balaban J connectivity index is 1.27. The second-order valence-corrected chi connectivity index (χ2v) is 15.5. The van der Waals surface area contributed by atoms with Gasteiger partial charge in [0.1, 0.15) is 18.2 Å². The van der Waals surface area contributed by atoms with Crippen LogP contribution in [0.25, 0.3) is 32.3 Å². The Hall–Kier alpha value is -4.47. The molecule has 0 aromatic heterocycles. The summed E-state index contributed by atoms with van der Waals surface area (Å²) in [6.07, 6.45) is 0.717. The van der Waals surface area contributed by atoms with Crippen molar-refractivity contribution in [3.63, 3.8) is 0 Å². The largest absolute Gasteiger partial charge is 0.459 e. The summed E-state index contributed by atoms with van der Waals surface area (Å²) in [5, 5.41) is 6.04. The van der Waals surface area contributed by atoms with E-state index >= 15 is 0 Å². The van der Waals surface area contributed by atoms with E-state index in [-0.39, 0.29) is 24.6 Å². The zero-order valence-corrected chi connectivity index (χ0v) is 27.9. The van der Waals surface area contributed by atoms with Gasteiger partial charge in [-0.3, -0.25) is 4.90 Å². The van der Waals surface area contributed by atoms with Crippen LogP contribution in [0.3, 0.4) is 0 Å². The summed E-state index contributed by atoms with van der Waals surface area (Å²) in [6.45, 7) is 8.33. The predicted octanol–water partition coefficient (Wildman–Crippen LogP) is 7.60. The number of esters is 1. The molecule has 0 radical (unpaired) electrons. The average molecular weight is 651 g/mol. The van der Waals surface area contributed by atoms with Crippen LogP contribution in [0.2, 0.25) is 0 Å². The second-order valence-electron chi connectivity index (χ2n) is 13.6. The Kier molecular flexibility index (Phi) is 7.72. The van der Waals surface area contributed by atoms with E-state index in [0.29, 0.717) is 19.4 Å². The van der Waals surface area contributed by atoms with Crippen LogP contribution in [0.5, 0.6) is 0 Å². The first kappa shape index (κ1) is 31.1. The van der Waals surface area contributed by atoms with Crippen LogP contribution in [-0.4, -0.2) is 47.9 Å². The van der Waals surface area contributed by atoms with Gasteiger partial charge in [0, 0.05) is 19.6 Å². The molecule has 1 saturated heterocycles. The van der Waals surface area contributed by atoms with Gasteiger partial charge in [-0.15, -0.1) is 0 Å². The Morgan fingerprint density at radius 1 is 0.851 bits per heavy atom. The number of aryl methyl sites for hydroxylation is 1. The number of hydrogen-bond acceptors (Lipinski definition) is 6. The fourth-order valence-electron chi connectivity index (χ4n) is 6.97. The fraction of sp³-hybridized carbons (Fsp3) is 0.316. The molecule has 1 fully saturated rings. The van der Waals surface area contributed by atoms with Crippen molar-refractivity contribution in [3.8, 4) is 0 Å². The van der Waals surface area contributed by atoms with Crippen molar-refractivity contribution >= 4 is 54.4 Å². The van der Waals surface area contributed by atoms with E-state index in [1.807, 2.05) is 55.5 Å². The molecule has 2 heterocycles. The number of sulfonamides is 1. The molecule has 0 aliphatic carbocycles. The number of amides is 1. The molecule has 1 atom stereocenters. The molecule has 2 aliphatic heterocycles. The van der Waals surface area contributed by atoms with Gasteiger partial charge < -0.3 is 9.47 Å². The van der Waals surface area contributed by atoms with Gasteiger partial charge in [0.25, 0.3) is 0 Å². The van der Waals surface area contributed by atoms with Gasteiger partial charge in [0.15, 0.2) is 0 Å². The van der Waals surface area contributed by atoms with Crippen molar-refractivity contribution in [2.24, 2.45) is 0 Å². The van der Waals surface area contributed by atoms with Crippen LogP contribution in [0.15, 0.2) is 83.8 Å². The van der Waals surface area contributed by atoms with Crippen LogP contribution in [0.1, 0.15) is 55.9 Å². The molecule has 9 heteroatoms. The third-order valence-electron chi connectivity index (χ3n) is 9.09. The summed E-state index contributed by atoms with van der Waals surface area (Å²) in [6, 6.07) is 24.5. The molecule has 1 amide bonds. The number of carbonyl (C=O) groups is 2. The molecule has 0 bridgehead atoms. The van der Waals surface area contributed by atoms with Gasteiger partial charge >= 0.3 is 12.1 Å². The number of benzene rings is 5. The molecule has 242 valence electrons. The van der Waals surface area contributed by atoms with Gasteiger partial charge in [-0.2, -0.15) is 4.31 Å². The second kappa shape index (κ2) is 11.6. The number of nitrogens with zero attached hydrogens (tertiary/aromatic N) is 2. The van der Waals surface area contributed by atoms with Crippen LogP contribution in [0, 0.1) is 6.92 Å². The van der Waals surface area contributed by atoms with Crippen LogP contribution < -0.4 is 0 Å². The molecule has 7 rings (SSSR count). The summed E-state index contributed by atoms with van der Waals surface area (Å²) in [4.78, 5) is 28.0. The first-order chi connectivity index (χ1) is 22.4. The SMILES string of the molecule is Cc1ccc(S(=O)(=O)N2Cc3cc4ccccc4c4c3c(cc3cccc(COC(=O)[C@@H]5CCCN5C(=O)OC(C)(C)C)c34)C2)cc1. The highest BCUT2D eigenvalue weighted by Crippen LogP contribution is 2.42. The molecule has 2 aliphatic rings. The molecule has 5 aromatic carbocycles. The molecule has 5 aromatic rings. The summed E-state index contributed by atoms with van der Waals surface area (Å²) in [5.41, 5.74) is 3.05. The van der Waals surface area contributed by atoms with E-state index in [4.69, 9.17) is 9.47 Å². The lowest BCUT2D eigenvalue weighted by molar-refractivity contribution is -0.150. The highest BCUT2D eigenvalue weighted by molar-refractivity contribution is 7.89. The van der Waals surface area contributed by atoms with Crippen molar-refractivity contribution in [2.75, 3.05) is 6.54 Å². The molecule has 0 N–H and O–H groups in total. The lowest BCUT2D eigenvalue weighted by Crippen LogP contribution is -2.44. The number of fused-ring (bicyclic) bond motifs is 4. The molecular formula is C38H38N2O6S. The lowest BCUT2D eigenvalue weighted by Gasteiger charge is -2.30. The van der Waals surface area contributed by atoms with Crippen molar-refractivity contribution < 1.29 is 27.5 Å². The molecule has 47 heavy (non-hydrogen) atoms. The molecular weight excluding hydrogens is 612 g/mol. The predicted molar refractivity (Wildman–Crippen MR) is 182 cm³/mol.